The normalized spacial score (nSPS) is 14.5. The topological polar surface area (TPSA) is 104 Å². The van der Waals surface area contributed by atoms with Gasteiger partial charge in [-0.3, -0.25) is 9.59 Å². The number of carbonyl (C=O) groups is 2. The van der Waals surface area contributed by atoms with Crippen molar-refractivity contribution < 1.29 is 23.8 Å². The minimum absolute atomic E-state index is 0.125. The molecule has 9 nitrogen and oxygen atoms in total. The van der Waals surface area contributed by atoms with Crippen LogP contribution < -0.4 is 20.1 Å². The lowest BCUT2D eigenvalue weighted by Gasteiger charge is -2.13. The summed E-state index contributed by atoms with van der Waals surface area (Å²) >= 11 is 6.04. The standard InChI is InChI=1S/C23H23ClN4O5/c1-31-12-17-21(13-5-4-6-15(9-13)32-2)22-26-23(30)18(28(22)27-17)11-20(29)25-16-10-14(24)7-8-19(16)33-3/h4-10,18H,11-12H2,1-3H3,(H,25,29)(H,26,30). The summed E-state index contributed by atoms with van der Waals surface area (Å²) in [6.07, 6.45) is -0.125. The van der Waals surface area contributed by atoms with Crippen LogP contribution in [0.5, 0.6) is 11.5 Å². The average Bonchev–Trinajstić information content (AvgIpc) is 3.29. The first kappa shape index (κ1) is 22.6. The van der Waals surface area contributed by atoms with E-state index in [0.29, 0.717) is 33.7 Å². The fourth-order valence-electron chi connectivity index (χ4n) is 3.79. The van der Waals surface area contributed by atoms with Crippen LogP contribution in [0.2, 0.25) is 5.02 Å². The number of benzene rings is 2. The van der Waals surface area contributed by atoms with Crippen molar-refractivity contribution in [2.45, 2.75) is 19.1 Å². The van der Waals surface area contributed by atoms with Gasteiger partial charge < -0.3 is 24.8 Å². The Morgan fingerprint density at radius 1 is 1.18 bits per heavy atom. The highest BCUT2D eigenvalue weighted by molar-refractivity contribution is 6.31. The summed E-state index contributed by atoms with van der Waals surface area (Å²) in [6, 6.07) is 11.5. The van der Waals surface area contributed by atoms with Crippen LogP contribution >= 0.6 is 11.6 Å². The minimum atomic E-state index is -0.819. The molecule has 1 aliphatic rings. The molecule has 0 saturated heterocycles. The van der Waals surface area contributed by atoms with Crippen molar-refractivity contribution >= 4 is 34.9 Å². The number of hydrogen-bond donors (Lipinski definition) is 2. The molecule has 0 spiro atoms. The largest absolute Gasteiger partial charge is 0.497 e. The lowest BCUT2D eigenvalue weighted by atomic mass is 10.1. The Bertz CT molecular complexity index is 1210. The van der Waals surface area contributed by atoms with Gasteiger partial charge in [0.1, 0.15) is 23.4 Å². The van der Waals surface area contributed by atoms with E-state index in [-0.39, 0.29) is 24.8 Å². The second kappa shape index (κ2) is 9.51. The van der Waals surface area contributed by atoms with Crippen molar-refractivity contribution in [1.29, 1.82) is 0 Å². The molecule has 0 fully saturated rings. The highest BCUT2D eigenvalue weighted by atomic mass is 35.5. The van der Waals surface area contributed by atoms with Gasteiger partial charge in [-0.05, 0) is 35.9 Å². The zero-order valence-corrected chi connectivity index (χ0v) is 19.1. The Morgan fingerprint density at radius 3 is 2.73 bits per heavy atom. The molecule has 2 N–H and O–H groups in total. The molecule has 0 bridgehead atoms. The van der Waals surface area contributed by atoms with E-state index < -0.39 is 6.04 Å². The summed E-state index contributed by atoms with van der Waals surface area (Å²) in [7, 11) is 4.65. The smallest absolute Gasteiger partial charge is 0.251 e. The molecule has 33 heavy (non-hydrogen) atoms. The molecule has 1 aliphatic heterocycles. The van der Waals surface area contributed by atoms with Crippen molar-refractivity contribution in [2.75, 3.05) is 32.0 Å². The Hall–Kier alpha value is -3.56. The number of methoxy groups -OCH3 is 3. The highest BCUT2D eigenvalue weighted by Crippen LogP contribution is 2.40. The van der Waals surface area contributed by atoms with Gasteiger partial charge in [-0.25, -0.2) is 4.68 Å². The molecule has 2 amide bonds. The number of fused-ring (bicyclic) bond motifs is 1. The molecule has 0 radical (unpaired) electrons. The lowest BCUT2D eigenvalue weighted by Crippen LogP contribution is -2.24. The van der Waals surface area contributed by atoms with Crippen LogP contribution in [0.25, 0.3) is 11.1 Å². The molecule has 4 rings (SSSR count). The van der Waals surface area contributed by atoms with Gasteiger partial charge in [0.25, 0.3) is 5.91 Å². The summed E-state index contributed by atoms with van der Waals surface area (Å²) in [4.78, 5) is 25.6. The Labute approximate surface area is 195 Å². The summed E-state index contributed by atoms with van der Waals surface area (Å²) < 4.78 is 17.5. The van der Waals surface area contributed by atoms with Gasteiger partial charge in [0, 0.05) is 12.1 Å². The number of ether oxygens (including phenoxy) is 3. The molecule has 2 aromatic carbocycles. The first-order valence-electron chi connectivity index (χ1n) is 10.1. The number of carbonyl (C=O) groups excluding carboxylic acids is 2. The van der Waals surface area contributed by atoms with Crippen LogP contribution in [0.15, 0.2) is 42.5 Å². The molecule has 1 atom stereocenters. The number of nitrogens with one attached hydrogen (secondary N) is 2. The predicted octanol–water partition coefficient (Wildman–Crippen LogP) is 3.89. The van der Waals surface area contributed by atoms with E-state index in [1.165, 1.54) is 7.11 Å². The van der Waals surface area contributed by atoms with Crippen molar-refractivity contribution in [3.05, 3.63) is 53.2 Å². The molecule has 10 heteroatoms. The van der Waals surface area contributed by atoms with Gasteiger partial charge in [-0.2, -0.15) is 5.10 Å². The van der Waals surface area contributed by atoms with Gasteiger partial charge in [-0.15, -0.1) is 0 Å². The number of halogens is 1. The number of anilines is 2. The number of rotatable bonds is 8. The molecule has 3 aromatic rings. The SMILES string of the molecule is COCc1nn2c(c1-c1cccc(OC)c1)NC(=O)C2CC(=O)Nc1cc(Cl)ccc1OC. The molecule has 172 valence electrons. The lowest BCUT2D eigenvalue weighted by molar-refractivity contribution is -0.123. The van der Waals surface area contributed by atoms with E-state index in [1.54, 1.807) is 37.1 Å². The predicted molar refractivity (Wildman–Crippen MR) is 124 cm³/mol. The van der Waals surface area contributed by atoms with Gasteiger partial charge in [0.15, 0.2) is 0 Å². The van der Waals surface area contributed by atoms with E-state index in [2.05, 4.69) is 15.7 Å². The molecule has 0 saturated carbocycles. The van der Waals surface area contributed by atoms with Crippen LogP contribution in [0, 0.1) is 0 Å². The maximum Gasteiger partial charge on any atom is 0.251 e. The maximum absolute atomic E-state index is 12.8. The first-order chi connectivity index (χ1) is 15.9. The third-order valence-corrected chi connectivity index (χ3v) is 5.51. The Balaban J connectivity index is 1.64. The van der Waals surface area contributed by atoms with Crippen LogP contribution in [0.1, 0.15) is 18.2 Å². The maximum atomic E-state index is 12.8. The third kappa shape index (κ3) is 4.50. The quantitative estimate of drug-likeness (QED) is 0.517. The van der Waals surface area contributed by atoms with E-state index in [9.17, 15) is 9.59 Å². The number of hydrogen-bond acceptors (Lipinski definition) is 6. The van der Waals surface area contributed by atoms with Gasteiger partial charge >= 0.3 is 0 Å². The zero-order valence-electron chi connectivity index (χ0n) is 18.3. The van der Waals surface area contributed by atoms with Crippen LogP contribution in [0.4, 0.5) is 11.5 Å². The Morgan fingerprint density at radius 2 is 2.00 bits per heavy atom. The zero-order chi connectivity index (χ0) is 23.5. The van der Waals surface area contributed by atoms with Crippen LogP contribution in [-0.4, -0.2) is 42.9 Å². The van der Waals surface area contributed by atoms with Crippen molar-refractivity contribution in [1.82, 2.24) is 9.78 Å². The second-order valence-electron chi connectivity index (χ2n) is 7.38. The fourth-order valence-corrected chi connectivity index (χ4v) is 3.96. The van der Waals surface area contributed by atoms with Gasteiger partial charge in [0.2, 0.25) is 5.91 Å². The van der Waals surface area contributed by atoms with Crippen molar-refractivity contribution in [3.63, 3.8) is 0 Å². The van der Waals surface area contributed by atoms with E-state index >= 15 is 0 Å². The van der Waals surface area contributed by atoms with Gasteiger partial charge in [-0.1, -0.05) is 23.7 Å². The molecule has 1 aromatic heterocycles. The monoisotopic (exact) mass is 470 g/mol. The van der Waals surface area contributed by atoms with E-state index in [1.807, 2.05) is 24.3 Å². The van der Waals surface area contributed by atoms with Crippen molar-refractivity contribution in [2.24, 2.45) is 0 Å². The average molecular weight is 471 g/mol. The van der Waals surface area contributed by atoms with Gasteiger partial charge in [0.05, 0.1) is 44.2 Å². The number of amides is 2. The third-order valence-electron chi connectivity index (χ3n) is 5.28. The summed E-state index contributed by atoms with van der Waals surface area (Å²) in [5, 5.41) is 10.7. The summed E-state index contributed by atoms with van der Waals surface area (Å²) in [6.45, 7) is 0.237. The molecular weight excluding hydrogens is 448 g/mol. The minimum Gasteiger partial charge on any atom is -0.497 e. The molecule has 1 unspecified atom stereocenters. The molecule has 0 aliphatic carbocycles. The van der Waals surface area contributed by atoms with Crippen LogP contribution in [0.3, 0.4) is 0 Å². The number of nitrogens with zero attached hydrogens (tertiary/aromatic N) is 2. The number of aromatic nitrogens is 2. The second-order valence-corrected chi connectivity index (χ2v) is 7.82. The summed E-state index contributed by atoms with van der Waals surface area (Å²) in [5.74, 6) is 0.949. The highest BCUT2D eigenvalue weighted by Gasteiger charge is 2.37. The summed E-state index contributed by atoms with van der Waals surface area (Å²) in [5.41, 5.74) is 2.61. The van der Waals surface area contributed by atoms with E-state index in [4.69, 9.17) is 25.8 Å². The van der Waals surface area contributed by atoms with Crippen LogP contribution in [-0.2, 0) is 20.9 Å². The fraction of sp³-hybridized carbons (Fsp3) is 0.261. The Kier molecular flexibility index (Phi) is 6.52. The van der Waals surface area contributed by atoms with E-state index in [0.717, 1.165) is 11.1 Å². The molecule has 2 heterocycles. The first-order valence-corrected chi connectivity index (χ1v) is 10.5. The van der Waals surface area contributed by atoms with Crippen molar-refractivity contribution in [3.8, 4) is 22.6 Å². The molecular formula is C23H23ClN4O5.